The number of ether oxygens (including phenoxy) is 1. The van der Waals surface area contributed by atoms with Crippen LogP contribution >= 0.6 is 0 Å². The van der Waals surface area contributed by atoms with Crippen molar-refractivity contribution in [1.82, 2.24) is 0 Å². The van der Waals surface area contributed by atoms with Crippen LogP contribution in [0.3, 0.4) is 0 Å². The molecule has 0 aliphatic heterocycles. The highest BCUT2D eigenvalue weighted by Crippen LogP contribution is 2.17. The second-order valence-electron chi connectivity index (χ2n) is 5.03. The molecule has 0 aliphatic carbocycles. The topological polar surface area (TPSA) is 29.5 Å². The van der Waals surface area contributed by atoms with Crippen molar-refractivity contribution >= 4 is 0 Å². The Morgan fingerprint density at radius 2 is 1.75 bits per heavy atom. The lowest BCUT2D eigenvalue weighted by Gasteiger charge is -2.22. The van der Waals surface area contributed by atoms with Gasteiger partial charge in [-0.1, -0.05) is 31.2 Å². The van der Waals surface area contributed by atoms with Crippen LogP contribution in [0.25, 0.3) is 0 Å². The second-order valence-corrected chi connectivity index (χ2v) is 5.03. The van der Waals surface area contributed by atoms with Crippen molar-refractivity contribution in [2.24, 2.45) is 0 Å². The number of hydrogen-bond donors (Lipinski definition) is 1. The Labute approximate surface area is 98.3 Å². The lowest BCUT2D eigenvalue weighted by atomic mass is 10.1. The largest absolute Gasteiger partial charge is 0.386 e. The molecule has 0 aromatic heterocycles. The average molecular weight is 222 g/mol. The van der Waals surface area contributed by atoms with Crippen LogP contribution in [-0.2, 0) is 11.2 Å². The molecule has 1 unspecified atom stereocenters. The first-order valence-corrected chi connectivity index (χ1v) is 5.83. The zero-order chi connectivity index (χ0) is 12.2. The molecule has 1 rings (SSSR count). The van der Waals surface area contributed by atoms with Crippen LogP contribution in [0.1, 0.15) is 44.9 Å². The maximum Gasteiger partial charge on any atom is 0.102 e. The first-order chi connectivity index (χ1) is 7.42. The highest BCUT2D eigenvalue weighted by Gasteiger charge is 2.14. The highest BCUT2D eigenvalue weighted by atomic mass is 16.5. The third-order valence-corrected chi connectivity index (χ3v) is 2.45. The fraction of sp³-hybridized carbons (Fsp3) is 0.571. The normalized spacial score (nSPS) is 13.8. The molecule has 0 spiro atoms. The van der Waals surface area contributed by atoms with Crippen molar-refractivity contribution in [1.29, 1.82) is 0 Å². The molecular formula is C14H22O2. The van der Waals surface area contributed by atoms with Gasteiger partial charge in [0, 0.05) is 0 Å². The summed E-state index contributed by atoms with van der Waals surface area (Å²) >= 11 is 0. The first kappa shape index (κ1) is 13.2. The van der Waals surface area contributed by atoms with Gasteiger partial charge in [0.05, 0.1) is 12.2 Å². The van der Waals surface area contributed by atoms with E-state index in [1.54, 1.807) is 0 Å². The summed E-state index contributed by atoms with van der Waals surface area (Å²) in [5, 5.41) is 9.92. The molecule has 90 valence electrons. The molecule has 1 N–H and O–H groups in total. The Morgan fingerprint density at radius 1 is 1.19 bits per heavy atom. The van der Waals surface area contributed by atoms with Crippen LogP contribution in [0, 0.1) is 0 Å². The van der Waals surface area contributed by atoms with E-state index < -0.39 is 6.10 Å². The Bertz CT molecular complexity index is 309. The van der Waals surface area contributed by atoms with Crippen LogP contribution in [-0.4, -0.2) is 17.3 Å². The number of rotatable bonds is 4. The Hall–Kier alpha value is -0.860. The highest BCUT2D eigenvalue weighted by molar-refractivity contribution is 5.24. The van der Waals surface area contributed by atoms with Gasteiger partial charge in [-0.25, -0.2) is 0 Å². The lowest BCUT2D eigenvalue weighted by molar-refractivity contribution is -0.0496. The molecule has 16 heavy (non-hydrogen) atoms. The predicted molar refractivity (Wildman–Crippen MR) is 66.5 cm³/mol. The molecule has 1 atom stereocenters. The van der Waals surface area contributed by atoms with Gasteiger partial charge >= 0.3 is 0 Å². The fourth-order valence-corrected chi connectivity index (χ4v) is 1.40. The average Bonchev–Trinajstić information content (AvgIpc) is 2.25. The standard InChI is InChI=1S/C14H22O2/c1-5-11-6-8-12(9-7-11)13(15)10-16-14(2,3)4/h6-9,13,15H,5,10H2,1-4H3. The number of hydrogen-bond acceptors (Lipinski definition) is 2. The second kappa shape index (κ2) is 5.46. The van der Waals surface area contributed by atoms with Crippen molar-refractivity contribution < 1.29 is 9.84 Å². The SMILES string of the molecule is CCc1ccc(C(O)COC(C)(C)C)cc1. The molecular weight excluding hydrogens is 200 g/mol. The van der Waals surface area contributed by atoms with Gasteiger partial charge in [0.15, 0.2) is 0 Å². The fourth-order valence-electron chi connectivity index (χ4n) is 1.40. The smallest absolute Gasteiger partial charge is 0.102 e. The molecule has 2 heteroatoms. The molecule has 0 saturated heterocycles. The molecule has 0 radical (unpaired) electrons. The maximum absolute atomic E-state index is 9.92. The van der Waals surface area contributed by atoms with Crippen LogP contribution < -0.4 is 0 Å². The summed E-state index contributed by atoms with van der Waals surface area (Å²) in [6.45, 7) is 8.42. The lowest BCUT2D eigenvalue weighted by Crippen LogP contribution is -2.22. The van der Waals surface area contributed by atoms with E-state index in [1.165, 1.54) is 5.56 Å². The van der Waals surface area contributed by atoms with Gasteiger partial charge in [0.1, 0.15) is 6.10 Å². The van der Waals surface area contributed by atoms with Crippen LogP contribution in [0.4, 0.5) is 0 Å². The third kappa shape index (κ3) is 4.33. The van der Waals surface area contributed by atoms with Gasteiger partial charge in [-0.15, -0.1) is 0 Å². The quantitative estimate of drug-likeness (QED) is 0.848. The Morgan fingerprint density at radius 3 is 2.19 bits per heavy atom. The zero-order valence-electron chi connectivity index (χ0n) is 10.7. The van der Waals surface area contributed by atoms with Crippen molar-refractivity contribution in [3.05, 3.63) is 35.4 Å². The summed E-state index contributed by atoms with van der Waals surface area (Å²) in [6.07, 6.45) is 0.486. The van der Waals surface area contributed by atoms with E-state index >= 15 is 0 Å². The zero-order valence-corrected chi connectivity index (χ0v) is 10.7. The summed E-state index contributed by atoms with van der Waals surface area (Å²) in [5.41, 5.74) is 2.00. The minimum Gasteiger partial charge on any atom is -0.386 e. The van der Waals surface area contributed by atoms with Crippen molar-refractivity contribution in [3.63, 3.8) is 0 Å². The van der Waals surface area contributed by atoms with Crippen molar-refractivity contribution in [2.75, 3.05) is 6.61 Å². The minimum absolute atomic E-state index is 0.204. The first-order valence-electron chi connectivity index (χ1n) is 5.83. The van der Waals surface area contributed by atoms with Gasteiger partial charge in [-0.2, -0.15) is 0 Å². The monoisotopic (exact) mass is 222 g/mol. The summed E-state index contributed by atoms with van der Waals surface area (Å²) in [4.78, 5) is 0. The Kier molecular flexibility index (Phi) is 4.51. The third-order valence-electron chi connectivity index (χ3n) is 2.45. The predicted octanol–water partition coefficient (Wildman–Crippen LogP) is 3.10. The summed E-state index contributed by atoms with van der Waals surface area (Å²) in [6, 6.07) is 8.04. The van der Waals surface area contributed by atoms with Gasteiger partial charge in [0.2, 0.25) is 0 Å². The van der Waals surface area contributed by atoms with E-state index in [1.807, 2.05) is 32.9 Å². The van der Waals surface area contributed by atoms with E-state index in [2.05, 4.69) is 19.1 Å². The molecule has 2 nitrogen and oxygen atoms in total. The van der Waals surface area contributed by atoms with Crippen molar-refractivity contribution in [3.8, 4) is 0 Å². The van der Waals surface area contributed by atoms with Crippen LogP contribution in [0.15, 0.2) is 24.3 Å². The van der Waals surface area contributed by atoms with Crippen molar-refractivity contribution in [2.45, 2.75) is 45.8 Å². The molecule has 0 fully saturated rings. The minimum atomic E-state index is -0.537. The summed E-state index contributed by atoms with van der Waals surface area (Å²) in [5.74, 6) is 0. The number of aliphatic hydroxyl groups is 1. The molecule has 1 aromatic rings. The Balaban J connectivity index is 2.56. The van der Waals surface area contributed by atoms with E-state index in [0.29, 0.717) is 6.61 Å². The molecule has 0 aliphatic rings. The van der Waals surface area contributed by atoms with Crippen LogP contribution in [0.2, 0.25) is 0 Å². The van der Waals surface area contributed by atoms with Gasteiger partial charge in [-0.05, 0) is 38.3 Å². The number of aryl methyl sites for hydroxylation is 1. The summed E-state index contributed by atoms with van der Waals surface area (Å²) in [7, 11) is 0. The molecule has 0 bridgehead atoms. The van der Waals surface area contributed by atoms with E-state index in [-0.39, 0.29) is 5.60 Å². The number of aliphatic hydroxyl groups excluding tert-OH is 1. The van der Waals surface area contributed by atoms with Gasteiger partial charge in [-0.3, -0.25) is 0 Å². The number of benzene rings is 1. The molecule has 0 amide bonds. The van der Waals surface area contributed by atoms with E-state index in [4.69, 9.17) is 4.74 Å². The molecule has 0 saturated carbocycles. The molecule has 0 heterocycles. The van der Waals surface area contributed by atoms with Gasteiger partial charge in [0.25, 0.3) is 0 Å². The van der Waals surface area contributed by atoms with Crippen LogP contribution in [0.5, 0.6) is 0 Å². The van der Waals surface area contributed by atoms with Gasteiger partial charge < -0.3 is 9.84 Å². The maximum atomic E-state index is 9.92. The summed E-state index contributed by atoms with van der Waals surface area (Å²) < 4.78 is 5.55. The van der Waals surface area contributed by atoms with E-state index in [9.17, 15) is 5.11 Å². The molecule has 1 aromatic carbocycles. The van der Waals surface area contributed by atoms with E-state index in [0.717, 1.165) is 12.0 Å².